The van der Waals surface area contributed by atoms with E-state index in [0.29, 0.717) is 0 Å². The van der Waals surface area contributed by atoms with Crippen molar-refractivity contribution >= 4 is 34.3 Å². The smallest absolute Gasteiger partial charge is 0.319 e. The molecule has 3 N–H and O–H groups in total. The monoisotopic (exact) mass is 320 g/mol. The second kappa shape index (κ2) is 5.92. The van der Waals surface area contributed by atoms with Crippen LogP contribution in [0, 0.1) is 3.57 Å². The lowest BCUT2D eigenvalue weighted by atomic mass is 10.3. The van der Waals surface area contributed by atoms with Gasteiger partial charge in [-0.25, -0.2) is 4.79 Å². The number of urea groups is 1. The molecule has 0 saturated heterocycles. The number of halogens is 1. The predicted octanol–water partition coefficient (Wildman–Crippen LogP) is 1.79. The third kappa shape index (κ3) is 4.48. The van der Waals surface area contributed by atoms with E-state index >= 15 is 0 Å². The zero-order chi connectivity index (χ0) is 11.3. The molecule has 0 bridgehead atoms. The molecule has 1 atom stereocenters. The Morgan fingerprint density at radius 1 is 1.47 bits per heavy atom. The first-order valence-electron chi connectivity index (χ1n) is 4.55. The summed E-state index contributed by atoms with van der Waals surface area (Å²) < 4.78 is 1.11. The fourth-order valence-corrected chi connectivity index (χ4v) is 1.33. The van der Waals surface area contributed by atoms with E-state index in [-0.39, 0.29) is 18.7 Å². The van der Waals surface area contributed by atoms with Crippen LogP contribution >= 0.6 is 22.6 Å². The minimum Gasteiger partial charge on any atom is -0.394 e. The van der Waals surface area contributed by atoms with Gasteiger partial charge in [0.2, 0.25) is 0 Å². The zero-order valence-electron chi connectivity index (χ0n) is 8.33. The largest absolute Gasteiger partial charge is 0.394 e. The zero-order valence-corrected chi connectivity index (χ0v) is 10.5. The molecule has 82 valence electrons. The van der Waals surface area contributed by atoms with Gasteiger partial charge in [-0.1, -0.05) is 0 Å². The van der Waals surface area contributed by atoms with Crippen LogP contribution < -0.4 is 10.6 Å². The summed E-state index contributed by atoms with van der Waals surface area (Å²) in [5, 5.41) is 14.0. The summed E-state index contributed by atoms with van der Waals surface area (Å²) in [7, 11) is 0. The highest BCUT2D eigenvalue weighted by atomic mass is 127. The van der Waals surface area contributed by atoms with Crippen LogP contribution in [0.3, 0.4) is 0 Å². The van der Waals surface area contributed by atoms with E-state index in [4.69, 9.17) is 5.11 Å². The fourth-order valence-electron chi connectivity index (χ4n) is 0.970. The van der Waals surface area contributed by atoms with Crippen molar-refractivity contribution in [2.45, 2.75) is 13.0 Å². The van der Waals surface area contributed by atoms with Crippen molar-refractivity contribution in [3.05, 3.63) is 27.8 Å². The minimum atomic E-state index is -0.308. The first kappa shape index (κ1) is 12.3. The number of carbonyl (C=O) groups excluding carboxylic acids is 1. The van der Waals surface area contributed by atoms with E-state index in [1.54, 1.807) is 6.92 Å². The number of aliphatic hydroxyl groups is 1. The molecule has 4 nitrogen and oxygen atoms in total. The average molecular weight is 320 g/mol. The normalized spacial score (nSPS) is 11.9. The molecule has 1 aromatic rings. The number of carbonyl (C=O) groups is 1. The lowest BCUT2D eigenvalue weighted by Gasteiger charge is -2.11. The second-order valence-electron chi connectivity index (χ2n) is 3.19. The van der Waals surface area contributed by atoms with Crippen LogP contribution in [0.2, 0.25) is 0 Å². The number of anilines is 1. The van der Waals surface area contributed by atoms with Crippen molar-refractivity contribution in [3.8, 4) is 0 Å². The molecular formula is C10H13IN2O2. The molecule has 2 amide bonds. The fraction of sp³-hybridized carbons (Fsp3) is 0.300. The molecule has 0 heterocycles. The first-order chi connectivity index (χ1) is 7.11. The molecule has 0 saturated carbocycles. The van der Waals surface area contributed by atoms with Gasteiger partial charge in [0.1, 0.15) is 0 Å². The topological polar surface area (TPSA) is 61.4 Å². The summed E-state index contributed by atoms with van der Waals surface area (Å²) in [6.45, 7) is 1.66. The van der Waals surface area contributed by atoms with Crippen LogP contribution in [-0.2, 0) is 0 Å². The summed E-state index contributed by atoms with van der Waals surface area (Å²) >= 11 is 2.19. The summed E-state index contributed by atoms with van der Waals surface area (Å²) in [5.41, 5.74) is 0.734. The van der Waals surface area contributed by atoms with Gasteiger partial charge in [0.25, 0.3) is 0 Å². The minimum absolute atomic E-state index is 0.0693. The maximum Gasteiger partial charge on any atom is 0.319 e. The summed E-state index contributed by atoms with van der Waals surface area (Å²) in [4.78, 5) is 11.3. The third-order valence-corrected chi connectivity index (χ3v) is 2.47. The maximum absolute atomic E-state index is 11.3. The average Bonchev–Trinajstić information content (AvgIpc) is 2.21. The van der Waals surface area contributed by atoms with Gasteiger partial charge in [0.05, 0.1) is 12.6 Å². The molecule has 0 aliphatic heterocycles. The van der Waals surface area contributed by atoms with Crippen LogP contribution in [0.5, 0.6) is 0 Å². The summed E-state index contributed by atoms with van der Waals surface area (Å²) in [6.07, 6.45) is 0. The highest BCUT2D eigenvalue weighted by Crippen LogP contribution is 2.10. The van der Waals surface area contributed by atoms with Gasteiger partial charge in [0.15, 0.2) is 0 Å². The molecule has 5 heteroatoms. The van der Waals surface area contributed by atoms with Crippen molar-refractivity contribution in [2.24, 2.45) is 0 Å². The molecule has 0 unspecified atom stereocenters. The number of hydrogen-bond donors (Lipinski definition) is 3. The number of benzene rings is 1. The lowest BCUT2D eigenvalue weighted by molar-refractivity contribution is 0.229. The van der Waals surface area contributed by atoms with Crippen LogP contribution in [0.4, 0.5) is 10.5 Å². The molecule has 0 aromatic heterocycles. The number of aliphatic hydroxyl groups excluding tert-OH is 1. The molecule has 1 rings (SSSR count). The molecule has 0 radical (unpaired) electrons. The van der Waals surface area contributed by atoms with Crippen molar-refractivity contribution in [1.82, 2.24) is 5.32 Å². The van der Waals surface area contributed by atoms with E-state index in [9.17, 15) is 4.79 Å². The van der Waals surface area contributed by atoms with Crippen molar-refractivity contribution in [2.75, 3.05) is 11.9 Å². The Balaban J connectivity index is 2.48. The molecule has 0 aliphatic rings. The van der Waals surface area contributed by atoms with Crippen molar-refractivity contribution < 1.29 is 9.90 Å². The number of rotatable bonds is 3. The summed E-state index contributed by atoms with van der Waals surface area (Å²) in [6, 6.07) is 6.92. The molecule has 0 aliphatic carbocycles. The summed E-state index contributed by atoms with van der Waals surface area (Å²) in [5.74, 6) is 0. The van der Waals surface area contributed by atoms with E-state index in [2.05, 4.69) is 33.2 Å². The van der Waals surface area contributed by atoms with E-state index in [0.717, 1.165) is 9.26 Å². The van der Waals surface area contributed by atoms with Gasteiger partial charge in [-0.2, -0.15) is 0 Å². The Labute approximate surface area is 102 Å². The Morgan fingerprint density at radius 2 is 2.07 bits per heavy atom. The van der Waals surface area contributed by atoms with Gasteiger partial charge < -0.3 is 15.7 Å². The maximum atomic E-state index is 11.3. The quantitative estimate of drug-likeness (QED) is 0.744. The van der Waals surface area contributed by atoms with Crippen LogP contribution in [0.25, 0.3) is 0 Å². The highest BCUT2D eigenvalue weighted by molar-refractivity contribution is 14.1. The van der Waals surface area contributed by atoms with E-state index in [1.165, 1.54) is 0 Å². The Morgan fingerprint density at radius 3 is 2.60 bits per heavy atom. The number of hydrogen-bond acceptors (Lipinski definition) is 2. The third-order valence-electron chi connectivity index (χ3n) is 1.75. The van der Waals surface area contributed by atoms with E-state index < -0.39 is 0 Å². The molecule has 0 spiro atoms. The molecular weight excluding hydrogens is 307 g/mol. The highest BCUT2D eigenvalue weighted by Gasteiger charge is 2.05. The van der Waals surface area contributed by atoms with E-state index in [1.807, 2.05) is 24.3 Å². The molecule has 15 heavy (non-hydrogen) atoms. The standard InChI is InChI=1S/C10H13IN2O2/c1-7(6-14)12-10(15)13-9-4-2-8(11)3-5-9/h2-5,7,14H,6H2,1H3,(H2,12,13,15)/t7-/m0/s1. The number of amides is 2. The van der Waals surface area contributed by atoms with Crippen LogP contribution in [0.15, 0.2) is 24.3 Å². The predicted molar refractivity (Wildman–Crippen MR) is 67.9 cm³/mol. The molecule has 0 fully saturated rings. The van der Waals surface area contributed by atoms with Gasteiger partial charge in [0, 0.05) is 9.26 Å². The Hall–Kier alpha value is -0.820. The van der Waals surface area contributed by atoms with Crippen molar-refractivity contribution in [3.63, 3.8) is 0 Å². The Bertz CT molecular complexity index is 327. The number of nitrogens with one attached hydrogen (secondary N) is 2. The van der Waals surface area contributed by atoms with Gasteiger partial charge in [-0.15, -0.1) is 0 Å². The van der Waals surface area contributed by atoms with Crippen LogP contribution in [-0.4, -0.2) is 23.8 Å². The van der Waals surface area contributed by atoms with Crippen molar-refractivity contribution in [1.29, 1.82) is 0 Å². The van der Waals surface area contributed by atoms with Gasteiger partial charge in [-0.3, -0.25) is 0 Å². The lowest BCUT2D eigenvalue weighted by Crippen LogP contribution is -2.38. The SMILES string of the molecule is C[C@@H](CO)NC(=O)Nc1ccc(I)cc1. The van der Waals surface area contributed by atoms with Gasteiger partial charge >= 0.3 is 6.03 Å². The molecule has 1 aromatic carbocycles. The second-order valence-corrected chi connectivity index (χ2v) is 4.43. The first-order valence-corrected chi connectivity index (χ1v) is 5.63. The van der Waals surface area contributed by atoms with Gasteiger partial charge in [-0.05, 0) is 53.8 Å². The Kier molecular flexibility index (Phi) is 4.83. The van der Waals surface area contributed by atoms with Crippen LogP contribution in [0.1, 0.15) is 6.92 Å².